The van der Waals surface area contributed by atoms with Gasteiger partial charge in [0.15, 0.2) is 0 Å². The summed E-state index contributed by atoms with van der Waals surface area (Å²) in [5, 5.41) is 3.44. The van der Waals surface area contributed by atoms with Crippen molar-refractivity contribution in [2.24, 2.45) is 0 Å². The summed E-state index contributed by atoms with van der Waals surface area (Å²) in [5.41, 5.74) is 0. The van der Waals surface area contributed by atoms with Gasteiger partial charge in [0.05, 0.1) is 18.9 Å². The third-order valence-electron chi connectivity index (χ3n) is 3.07. The molecule has 1 aliphatic heterocycles. The molecule has 0 aromatic carbocycles. The molecule has 0 saturated carbocycles. The molecule has 1 aliphatic rings. The summed E-state index contributed by atoms with van der Waals surface area (Å²) in [6, 6.07) is 3.94. The average molecular weight is 238 g/mol. The van der Waals surface area contributed by atoms with Gasteiger partial charge >= 0.3 is 0 Å². The minimum absolute atomic E-state index is 0.436. The summed E-state index contributed by atoms with van der Waals surface area (Å²) < 4.78 is 10.9. The molecule has 1 unspecified atom stereocenters. The van der Waals surface area contributed by atoms with E-state index < -0.39 is 0 Å². The van der Waals surface area contributed by atoms with Gasteiger partial charge in [-0.2, -0.15) is 0 Å². The Morgan fingerprint density at radius 1 is 1.53 bits per heavy atom. The van der Waals surface area contributed by atoms with Crippen LogP contribution < -0.4 is 5.32 Å². The quantitative estimate of drug-likeness (QED) is 0.730. The Kier molecular flexibility index (Phi) is 5.04. The predicted octanol–water partition coefficient (Wildman–Crippen LogP) is 1.48. The van der Waals surface area contributed by atoms with Gasteiger partial charge in [-0.3, -0.25) is 4.90 Å². The van der Waals surface area contributed by atoms with E-state index in [4.69, 9.17) is 9.15 Å². The van der Waals surface area contributed by atoms with Crippen molar-refractivity contribution in [2.45, 2.75) is 25.5 Å². The molecule has 0 amide bonds. The molecule has 0 aliphatic carbocycles. The number of likely N-dealkylation sites (N-methyl/N-ethyl adjacent to an activating group) is 1. The SMILES string of the molecule is CN(CCNCC1CCCO1)Cc1ccco1. The van der Waals surface area contributed by atoms with E-state index >= 15 is 0 Å². The Morgan fingerprint density at radius 3 is 3.18 bits per heavy atom. The fourth-order valence-electron chi connectivity index (χ4n) is 2.09. The lowest BCUT2D eigenvalue weighted by Gasteiger charge is -2.16. The molecule has 1 aromatic rings. The number of furan rings is 1. The zero-order valence-corrected chi connectivity index (χ0v) is 10.5. The number of hydrogen-bond donors (Lipinski definition) is 1. The van der Waals surface area contributed by atoms with Gasteiger partial charge in [-0.25, -0.2) is 0 Å². The lowest BCUT2D eigenvalue weighted by Crippen LogP contribution is -2.33. The van der Waals surface area contributed by atoms with Gasteiger partial charge < -0.3 is 14.5 Å². The maximum atomic E-state index is 5.55. The van der Waals surface area contributed by atoms with Gasteiger partial charge in [-0.05, 0) is 32.0 Å². The Balaban J connectivity index is 1.52. The van der Waals surface area contributed by atoms with Crippen molar-refractivity contribution >= 4 is 0 Å². The first-order chi connectivity index (χ1) is 8.34. The van der Waals surface area contributed by atoms with E-state index in [0.717, 1.165) is 38.5 Å². The molecule has 0 spiro atoms. The van der Waals surface area contributed by atoms with Crippen LogP contribution in [0.5, 0.6) is 0 Å². The smallest absolute Gasteiger partial charge is 0.117 e. The van der Waals surface area contributed by atoms with Crippen LogP contribution in [-0.4, -0.2) is 44.3 Å². The second-order valence-corrected chi connectivity index (χ2v) is 4.66. The zero-order valence-electron chi connectivity index (χ0n) is 10.5. The minimum Gasteiger partial charge on any atom is -0.468 e. The van der Waals surface area contributed by atoms with E-state index in [9.17, 15) is 0 Å². The van der Waals surface area contributed by atoms with Crippen LogP contribution in [-0.2, 0) is 11.3 Å². The summed E-state index contributed by atoms with van der Waals surface area (Å²) in [5.74, 6) is 1.02. The van der Waals surface area contributed by atoms with Crippen molar-refractivity contribution in [3.63, 3.8) is 0 Å². The Bertz CT molecular complexity index is 294. The maximum Gasteiger partial charge on any atom is 0.117 e. The fourth-order valence-corrected chi connectivity index (χ4v) is 2.09. The largest absolute Gasteiger partial charge is 0.468 e. The first-order valence-corrected chi connectivity index (χ1v) is 6.38. The average Bonchev–Trinajstić information content (AvgIpc) is 2.96. The molecular weight excluding hydrogens is 216 g/mol. The molecule has 4 nitrogen and oxygen atoms in total. The van der Waals surface area contributed by atoms with Gasteiger partial charge in [0.1, 0.15) is 5.76 Å². The molecule has 2 heterocycles. The molecular formula is C13H22N2O2. The molecule has 1 N–H and O–H groups in total. The van der Waals surface area contributed by atoms with E-state index in [1.165, 1.54) is 12.8 Å². The van der Waals surface area contributed by atoms with Crippen LogP contribution in [0.3, 0.4) is 0 Å². The highest BCUT2D eigenvalue weighted by Gasteiger charge is 2.14. The van der Waals surface area contributed by atoms with Gasteiger partial charge in [-0.15, -0.1) is 0 Å². The molecule has 0 radical (unpaired) electrons. The van der Waals surface area contributed by atoms with E-state index in [2.05, 4.69) is 17.3 Å². The highest BCUT2D eigenvalue weighted by molar-refractivity contribution is 4.97. The molecule has 1 saturated heterocycles. The predicted molar refractivity (Wildman–Crippen MR) is 66.9 cm³/mol. The van der Waals surface area contributed by atoms with Crippen LogP contribution in [0.4, 0.5) is 0 Å². The second-order valence-electron chi connectivity index (χ2n) is 4.66. The Morgan fingerprint density at radius 2 is 2.47 bits per heavy atom. The van der Waals surface area contributed by atoms with Crippen molar-refractivity contribution < 1.29 is 9.15 Å². The number of rotatable bonds is 7. The molecule has 1 aromatic heterocycles. The molecule has 2 rings (SSSR count). The van der Waals surface area contributed by atoms with E-state index in [1.807, 2.05) is 12.1 Å². The maximum absolute atomic E-state index is 5.55. The molecule has 4 heteroatoms. The minimum atomic E-state index is 0.436. The third-order valence-corrected chi connectivity index (χ3v) is 3.07. The summed E-state index contributed by atoms with van der Waals surface area (Å²) >= 11 is 0. The number of nitrogens with one attached hydrogen (secondary N) is 1. The van der Waals surface area contributed by atoms with Crippen LogP contribution in [0.1, 0.15) is 18.6 Å². The lowest BCUT2D eigenvalue weighted by molar-refractivity contribution is 0.109. The number of nitrogens with zero attached hydrogens (tertiary/aromatic N) is 1. The van der Waals surface area contributed by atoms with E-state index in [-0.39, 0.29) is 0 Å². The summed E-state index contributed by atoms with van der Waals surface area (Å²) in [6.45, 7) is 4.80. The van der Waals surface area contributed by atoms with Crippen molar-refractivity contribution in [1.29, 1.82) is 0 Å². The van der Waals surface area contributed by atoms with Crippen LogP contribution in [0.25, 0.3) is 0 Å². The normalized spacial score (nSPS) is 20.2. The van der Waals surface area contributed by atoms with E-state index in [0.29, 0.717) is 6.10 Å². The van der Waals surface area contributed by atoms with E-state index in [1.54, 1.807) is 6.26 Å². The number of ether oxygens (including phenoxy) is 1. The zero-order chi connectivity index (χ0) is 11.9. The Labute approximate surface area is 103 Å². The number of hydrogen-bond acceptors (Lipinski definition) is 4. The highest BCUT2D eigenvalue weighted by atomic mass is 16.5. The second kappa shape index (κ2) is 6.79. The topological polar surface area (TPSA) is 37.6 Å². The summed E-state index contributed by atoms with van der Waals surface area (Å²) in [6.07, 6.45) is 4.57. The van der Waals surface area contributed by atoms with Crippen molar-refractivity contribution in [3.8, 4) is 0 Å². The van der Waals surface area contributed by atoms with Crippen molar-refractivity contribution in [3.05, 3.63) is 24.2 Å². The van der Waals surface area contributed by atoms with Gasteiger partial charge in [0.2, 0.25) is 0 Å². The molecule has 17 heavy (non-hydrogen) atoms. The van der Waals surface area contributed by atoms with Crippen LogP contribution in [0.2, 0.25) is 0 Å². The molecule has 1 fully saturated rings. The van der Waals surface area contributed by atoms with Crippen LogP contribution >= 0.6 is 0 Å². The fraction of sp³-hybridized carbons (Fsp3) is 0.692. The van der Waals surface area contributed by atoms with Gasteiger partial charge in [0, 0.05) is 26.2 Å². The lowest BCUT2D eigenvalue weighted by atomic mass is 10.2. The Hall–Kier alpha value is -0.840. The third kappa shape index (κ3) is 4.50. The van der Waals surface area contributed by atoms with Gasteiger partial charge in [-0.1, -0.05) is 0 Å². The standard InChI is InChI=1S/C13H22N2O2/c1-15(11-13-5-3-9-17-13)7-6-14-10-12-4-2-8-16-12/h3,5,9,12,14H,2,4,6-8,10-11H2,1H3. The first-order valence-electron chi connectivity index (χ1n) is 6.38. The molecule has 1 atom stereocenters. The van der Waals surface area contributed by atoms with Crippen LogP contribution in [0, 0.1) is 0 Å². The monoisotopic (exact) mass is 238 g/mol. The molecule has 0 bridgehead atoms. The van der Waals surface area contributed by atoms with Gasteiger partial charge in [0.25, 0.3) is 0 Å². The summed E-state index contributed by atoms with van der Waals surface area (Å²) in [7, 11) is 2.11. The molecule has 96 valence electrons. The van der Waals surface area contributed by atoms with Crippen molar-refractivity contribution in [1.82, 2.24) is 10.2 Å². The highest BCUT2D eigenvalue weighted by Crippen LogP contribution is 2.10. The van der Waals surface area contributed by atoms with Crippen molar-refractivity contribution in [2.75, 3.05) is 33.3 Å². The summed E-state index contributed by atoms with van der Waals surface area (Å²) in [4.78, 5) is 2.25. The first kappa shape index (κ1) is 12.6. The van der Waals surface area contributed by atoms with Crippen LogP contribution in [0.15, 0.2) is 22.8 Å².